The predicted octanol–water partition coefficient (Wildman–Crippen LogP) is 2.58. The van der Waals surface area contributed by atoms with E-state index in [0.717, 1.165) is 5.75 Å². The number of alkyl carbamates (subject to hydrolysis) is 1. The minimum absolute atomic E-state index is 0.204. The molecule has 0 saturated heterocycles. The summed E-state index contributed by atoms with van der Waals surface area (Å²) in [4.78, 5) is 23.5. The van der Waals surface area contributed by atoms with Crippen LogP contribution in [-0.2, 0) is 14.3 Å². The van der Waals surface area contributed by atoms with Crippen molar-refractivity contribution >= 4 is 23.8 Å². The van der Waals surface area contributed by atoms with Crippen LogP contribution in [-0.4, -0.2) is 41.8 Å². The number of carbonyl (C=O) groups is 2. The van der Waals surface area contributed by atoms with Crippen LogP contribution >= 0.6 is 11.8 Å². The predicted molar refractivity (Wildman–Crippen MR) is 77.4 cm³/mol. The molecule has 5 nitrogen and oxygen atoms in total. The van der Waals surface area contributed by atoms with E-state index in [1.165, 1.54) is 0 Å². The minimum atomic E-state index is -0.662. The monoisotopic (exact) mass is 291 g/mol. The van der Waals surface area contributed by atoms with Crippen LogP contribution in [0, 0.1) is 0 Å². The summed E-state index contributed by atoms with van der Waals surface area (Å²) in [5.41, 5.74) is -0.587. The van der Waals surface area contributed by atoms with Gasteiger partial charge in [0.25, 0.3) is 0 Å². The summed E-state index contributed by atoms with van der Waals surface area (Å²) in [7, 11) is 0. The molecule has 0 radical (unpaired) electrons. The summed E-state index contributed by atoms with van der Waals surface area (Å²) in [5, 5.41) is 2.56. The number of esters is 1. The maximum absolute atomic E-state index is 11.9. The molecule has 19 heavy (non-hydrogen) atoms. The van der Waals surface area contributed by atoms with Crippen molar-refractivity contribution in [2.45, 2.75) is 58.8 Å². The van der Waals surface area contributed by atoms with Gasteiger partial charge in [0.15, 0.2) is 0 Å². The normalized spacial score (nSPS) is 13.0. The third-order valence-corrected chi connectivity index (χ3v) is 2.58. The van der Waals surface area contributed by atoms with E-state index in [1.807, 2.05) is 6.26 Å². The Balaban J connectivity index is 4.49. The van der Waals surface area contributed by atoms with E-state index in [-0.39, 0.29) is 6.10 Å². The largest absolute Gasteiger partial charge is 0.461 e. The van der Waals surface area contributed by atoms with E-state index >= 15 is 0 Å². The summed E-state index contributed by atoms with van der Waals surface area (Å²) in [6.45, 7) is 8.87. The lowest BCUT2D eigenvalue weighted by Gasteiger charge is -2.23. The summed E-state index contributed by atoms with van der Waals surface area (Å²) >= 11 is 1.61. The second kappa shape index (κ2) is 8.30. The first-order valence-corrected chi connectivity index (χ1v) is 7.74. The first-order valence-electron chi connectivity index (χ1n) is 6.34. The van der Waals surface area contributed by atoms with Crippen LogP contribution in [0.1, 0.15) is 41.0 Å². The fourth-order valence-corrected chi connectivity index (χ4v) is 1.72. The Labute approximate surface area is 119 Å². The molecule has 0 aromatic heterocycles. The van der Waals surface area contributed by atoms with Crippen LogP contribution in [0.15, 0.2) is 0 Å². The summed E-state index contributed by atoms with van der Waals surface area (Å²) in [6.07, 6.45) is 1.66. The first-order chi connectivity index (χ1) is 8.65. The molecule has 0 aliphatic rings. The molecule has 0 spiro atoms. The molecule has 1 amide bonds. The van der Waals surface area contributed by atoms with Crippen LogP contribution in [0.5, 0.6) is 0 Å². The third-order valence-electron chi connectivity index (χ3n) is 1.94. The zero-order valence-corrected chi connectivity index (χ0v) is 13.4. The number of carbonyl (C=O) groups excluding carboxylic acids is 2. The third kappa shape index (κ3) is 9.64. The van der Waals surface area contributed by atoms with Crippen LogP contribution in [0.25, 0.3) is 0 Å². The molecular formula is C13H25NO4S. The van der Waals surface area contributed by atoms with Crippen LogP contribution in [0.4, 0.5) is 4.79 Å². The van der Waals surface area contributed by atoms with E-state index in [9.17, 15) is 9.59 Å². The van der Waals surface area contributed by atoms with E-state index in [4.69, 9.17) is 9.47 Å². The SMILES string of the molecule is CSCC[C@H](NC(=O)OC(C)(C)C)C(=O)OC(C)C. The van der Waals surface area contributed by atoms with Gasteiger partial charge < -0.3 is 14.8 Å². The Morgan fingerprint density at radius 3 is 2.26 bits per heavy atom. The van der Waals surface area contributed by atoms with Crippen molar-refractivity contribution in [1.82, 2.24) is 5.32 Å². The van der Waals surface area contributed by atoms with Gasteiger partial charge in [-0.2, -0.15) is 11.8 Å². The van der Waals surface area contributed by atoms with Gasteiger partial charge >= 0.3 is 12.1 Å². The van der Waals surface area contributed by atoms with Gasteiger partial charge in [0.2, 0.25) is 0 Å². The standard InChI is InChI=1S/C13H25NO4S/c1-9(2)17-11(15)10(7-8-19-6)14-12(16)18-13(3,4)5/h9-10H,7-8H2,1-6H3,(H,14,16)/t10-/m0/s1. The lowest BCUT2D eigenvalue weighted by atomic mass is 10.2. The molecule has 112 valence electrons. The fourth-order valence-electron chi connectivity index (χ4n) is 1.25. The second-order valence-electron chi connectivity index (χ2n) is 5.47. The first kappa shape index (κ1) is 18.1. The van der Waals surface area contributed by atoms with Crippen molar-refractivity contribution in [2.24, 2.45) is 0 Å². The molecule has 0 unspecified atom stereocenters. The number of ether oxygens (including phenoxy) is 2. The molecule has 0 saturated carbocycles. The Morgan fingerprint density at radius 2 is 1.84 bits per heavy atom. The number of nitrogens with one attached hydrogen (secondary N) is 1. The Bertz CT molecular complexity index is 300. The second-order valence-corrected chi connectivity index (χ2v) is 6.45. The van der Waals surface area contributed by atoms with Crippen molar-refractivity contribution in [3.05, 3.63) is 0 Å². The molecule has 0 aliphatic heterocycles. The van der Waals surface area contributed by atoms with Gasteiger partial charge in [-0.05, 0) is 53.0 Å². The van der Waals surface area contributed by atoms with Crippen LogP contribution < -0.4 is 5.32 Å². The van der Waals surface area contributed by atoms with E-state index < -0.39 is 23.7 Å². The van der Waals surface area contributed by atoms with Crippen LogP contribution in [0.2, 0.25) is 0 Å². The zero-order chi connectivity index (χ0) is 15.1. The molecule has 0 aliphatic carbocycles. The Morgan fingerprint density at radius 1 is 1.26 bits per heavy atom. The topological polar surface area (TPSA) is 64.6 Å². The molecule has 0 aromatic carbocycles. The smallest absolute Gasteiger partial charge is 0.408 e. The number of rotatable bonds is 6. The van der Waals surface area contributed by atoms with Gasteiger partial charge in [-0.3, -0.25) is 0 Å². The maximum Gasteiger partial charge on any atom is 0.408 e. The highest BCUT2D eigenvalue weighted by Crippen LogP contribution is 2.09. The summed E-state index contributed by atoms with van der Waals surface area (Å²) < 4.78 is 10.3. The average molecular weight is 291 g/mol. The van der Waals surface area contributed by atoms with E-state index in [0.29, 0.717) is 6.42 Å². The van der Waals surface area contributed by atoms with E-state index in [2.05, 4.69) is 5.32 Å². The molecule has 1 atom stereocenters. The van der Waals surface area contributed by atoms with Crippen molar-refractivity contribution in [3.8, 4) is 0 Å². The van der Waals surface area contributed by atoms with E-state index in [1.54, 1.807) is 46.4 Å². The van der Waals surface area contributed by atoms with Gasteiger partial charge in [0, 0.05) is 0 Å². The minimum Gasteiger partial charge on any atom is -0.461 e. The molecule has 6 heteroatoms. The quantitative estimate of drug-likeness (QED) is 0.762. The van der Waals surface area contributed by atoms with Crippen molar-refractivity contribution in [3.63, 3.8) is 0 Å². The lowest BCUT2D eigenvalue weighted by Crippen LogP contribution is -2.45. The number of thioether (sulfide) groups is 1. The van der Waals surface area contributed by atoms with Gasteiger partial charge in [-0.15, -0.1) is 0 Å². The van der Waals surface area contributed by atoms with Gasteiger partial charge in [-0.25, -0.2) is 9.59 Å². The molecule has 0 heterocycles. The number of hydrogen-bond donors (Lipinski definition) is 1. The highest BCUT2D eigenvalue weighted by Gasteiger charge is 2.25. The number of amides is 1. The lowest BCUT2D eigenvalue weighted by molar-refractivity contribution is -0.150. The maximum atomic E-state index is 11.9. The Hall–Kier alpha value is -0.910. The van der Waals surface area contributed by atoms with Gasteiger partial charge in [0.1, 0.15) is 11.6 Å². The molecular weight excluding hydrogens is 266 g/mol. The highest BCUT2D eigenvalue weighted by molar-refractivity contribution is 7.98. The van der Waals surface area contributed by atoms with Crippen molar-refractivity contribution < 1.29 is 19.1 Å². The molecule has 1 N–H and O–H groups in total. The van der Waals surface area contributed by atoms with Gasteiger partial charge in [0.05, 0.1) is 6.10 Å². The van der Waals surface area contributed by atoms with Crippen molar-refractivity contribution in [2.75, 3.05) is 12.0 Å². The summed E-state index contributed by atoms with van der Waals surface area (Å²) in [5.74, 6) is 0.336. The molecule has 0 aromatic rings. The zero-order valence-electron chi connectivity index (χ0n) is 12.6. The molecule has 0 bridgehead atoms. The number of hydrogen-bond acceptors (Lipinski definition) is 5. The Kier molecular flexibility index (Phi) is 7.90. The molecule has 0 rings (SSSR count). The van der Waals surface area contributed by atoms with Gasteiger partial charge in [-0.1, -0.05) is 0 Å². The molecule has 0 fully saturated rings. The van der Waals surface area contributed by atoms with Crippen LogP contribution in [0.3, 0.4) is 0 Å². The fraction of sp³-hybridized carbons (Fsp3) is 0.846. The average Bonchev–Trinajstić information content (AvgIpc) is 2.20. The summed E-state index contributed by atoms with van der Waals surface area (Å²) in [6, 6.07) is -0.662. The van der Waals surface area contributed by atoms with Crippen molar-refractivity contribution in [1.29, 1.82) is 0 Å². The highest BCUT2D eigenvalue weighted by atomic mass is 32.2.